The van der Waals surface area contributed by atoms with E-state index in [1.54, 1.807) is 12.1 Å². The number of carbonyl (C=O) groups is 3. The summed E-state index contributed by atoms with van der Waals surface area (Å²) < 4.78 is 0. The van der Waals surface area contributed by atoms with Crippen molar-refractivity contribution in [2.75, 3.05) is 18.6 Å². The Morgan fingerprint density at radius 2 is 2.05 bits per heavy atom. The molecule has 2 aliphatic heterocycles. The van der Waals surface area contributed by atoms with Gasteiger partial charge in [0.05, 0.1) is 11.1 Å². The van der Waals surface area contributed by atoms with Crippen LogP contribution in [0.3, 0.4) is 0 Å². The molecule has 104 valence electrons. The van der Waals surface area contributed by atoms with Gasteiger partial charge < -0.3 is 5.32 Å². The van der Waals surface area contributed by atoms with Crippen molar-refractivity contribution in [3.63, 3.8) is 0 Å². The van der Waals surface area contributed by atoms with E-state index in [-0.39, 0.29) is 23.8 Å². The van der Waals surface area contributed by atoms with Crippen LogP contribution in [0.25, 0.3) is 0 Å². The van der Waals surface area contributed by atoms with Crippen LogP contribution in [0.4, 0.5) is 0 Å². The average Bonchev–Trinajstić information content (AvgIpc) is 3.03. The van der Waals surface area contributed by atoms with E-state index in [0.29, 0.717) is 16.7 Å². The smallest absolute Gasteiger partial charge is 0.261 e. The first-order valence-corrected chi connectivity index (χ1v) is 7.58. The maximum Gasteiger partial charge on any atom is 0.261 e. The molecule has 0 unspecified atom stereocenters. The maximum atomic E-state index is 12.1. The maximum absolute atomic E-state index is 12.1. The van der Waals surface area contributed by atoms with Gasteiger partial charge in [-0.2, -0.15) is 11.8 Å². The molecule has 1 aromatic carbocycles. The first-order valence-electron chi connectivity index (χ1n) is 6.43. The van der Waals surface area contributed by atoms with Gasteiger partial charge in [0.15, 0.2) is 0 Å². The van der Waals surface area contributed by atoms with Crippen LogP contribution in [0.15, 0.2) is 18.2 Å². The van der Waals surface area contributed by atoms with Crippen LogP contribution in [0.5, 0.6) is 0 Å². The quantitative estimate of drug-likeness (QED) is 0.830. The van der Waals surface area contributed by atoms with Crippen molar-refractivity contribution < 1.29 is 14.4 Å². The van der Waals surface area contributed by atoms with Crippen molar-refractivity contribution in [2.45, 2.75) is 12.5 Å². The summed E-state index contributed by atoms with van der Waals surface area (Å²) in [6.07, 6.45) is 0.974. The molecule has 0 spiro atoms. The molecule has 20 heavy (non-hydrogen) atoms. The Balaban J connectivity index is 1.84. The first kappa shape index (κ1) is 13.2. The van der Waals surface area contributed by atoms with Gasteiger partial charge in [0, 0.05) is 24.4 Å². The van der Waals surface area contributed by atoms with Crippen LogP contribution in [0.1, 0.15) is 37.5 Å². The largest absolute Gasteiger partial charge is 0.348 e. The number of benzene rings is 1. The standard InChI is InChI=1S/C14H14N2O3S/c1-16-13(18)10-3-2-8(6-11(10)14(16)19)12(17)15-9-4-5-20-7-9/h2-3,6,9H,4-5,7H2,1H3,(H,15,17)/t9-/m0/s1. The van der Waals surface area contributed by atoms with Crippen LogP contribution >= 0.6 is 11.8 Å². The second-order valence-electron chi connectivity index (χ2n) is 4.96. The Hall–Kier alpha value is -1.82. The second-order valence-corrected chi connectivity index (χ2v) is 6.11. The topological polar surface area (TPSA) is 66.5 Å². The summed E-state index contributed by atoms with van der Waals surface area (Å²) in [6, 6.07) is 4.86. The van der Waals surface area contributed by atoms with Gasteiger partial charge >= 0.3 is 0 Å². The monoisotopic (exact) mass is 290 g/mol. The van der Waals surface area contributed by atoms with Gasteiger partial charge in [0.2, 0.25) is 0 Å². The molecule has 2 aliphatic rings. The zero-order valence-corrected chi connectivity index (χ0v) is 11.8. The molecule has 0 aromatic heterocycles. The number of hydrogen-bond donors (Lipinski definition) is 1. The lowest BCUT2D eigenvalue weighted by Gasteiger charge is -2.11. The summed E-state index contributed by atoms with van der Waals surface area (Å²) in [5.74, 6) is 1.14. The predicted octanol–water partition coefficient (Wildman–Crippen LogP) is 1.15. The molecule has 2 heterocycles. The highest BCUT2D eigenvalue weighted by Gasteiger charge is 2.33. The molecule has 3 amide bonds. The molecule has 1 saturated heterocycles. The number of imide groups is 1. The fourth-order valence-corrected chi connectivity index (χ4v) is 3.57. The van der Waals surface area contributed by atoms with Crippen molar-refractivity contribution in [1.29, 1.82) is 0 Å². The molecule has 3 rings (SSSR count). The molecule has 1 N–H and O–H groups in total. The fraction of sp³-hybridized carbons (Fsp3) is 0.357. The van der Waals surface area contributed by atoms with E-state index in [4.69, 9.17) is 0 Å². The normalized spacial score (nSPS) is 21.2. The highest BCUT2D eigenvalue weighted by atomic mass is 32.2. The van der Waals surface area contributed by atoms with Crippen LogP contribution in [-0.4, -0.2) is 47.2 Å². The Bertz CT molecular complexity index is 608. The van der Waals surface area contributed by atoms with Gasteiger partial charge in [-0.25, -0.2) is 0 Å². The number of nitrogens with one attached hydrogen (secondary N) is 1. The number of carbonyl (C=O) groups excluding carboxylic acids is 3. The van der Waals surface area contributed by atoms with Crippen molar-refractivity contribution in [3.8, 4) is 0 Å². The predicted molar refractivity (Wildman–Crippen MR) is 76.1 cm³/mol. The summed E-state index contributed by atoms with van der Waals surface area (Å²) in [5.41, 5.74) is 1.11. The minimum absolute atomic E-state index is 0.185. The van der Waals surface area contributed by atoms with Gasteiger partial charge in [-0.1, -0.05) is 0 Å². The van der Waals surface area contributed by atoms with Gasteiger partial charge in [0.25, 0.3) is 17.7 Å². The molecule has 1 aromatic rings. The van der Waals surface area contributed by atoms with E-state index < -0.39 is 0 Å². The number of thioether (sulfide) groups is 1. The molecule has 5 nitrogen and oxygen atoms in total. The zero-order chi connectivity index (χ0) is 14.3. The molecular weight excluding hydrogens is 276 g/mol. The number of fused-ring (bicyclic) bond motifs is 1. The summed E-state index contributed by atoms with van der Waals surface area (Å²) in [7, 11) is 1.44. The molecular formula is C14H14N2O3S. The second kappa shape index (κ2) is 4.94. The number of amides is 3. The van der Waals surface area contributed by atoms with E-state index in [2.05, 4.69) is 5.32 Å². The van der Waals surface area contributed by atoms with Crippen molar-refractivity contribution in [2.24, 2.45) is 0 Å². The summed E-state index contributed by atoms with van der Waals surface area (Å²) in [5, 5.41) is 2.95. The third-order valence-corrected chi connectivity index (χ3v) is 4.78. The van der Waals surface area contributed by atoms with E-state index >= 15 is 0 Å². The third kappa shape index (κ3) is 2.10. The van der Waals surface area contributed by atoms with Crippen LogP contribution < -0.4 is 5.32 Å². The lowest BCUT2D eigenvalue weighted by Crippen LogP contribution is -2.34. The summed E-state index contributed by atoms with van der Waals surface area (Å²) in [4.78, 5) is 36.9. The van der Waals surface area contributed by atoms with E-state index in [9.17, 15) is 14.4 Å². The number of rotatable bonds is 2. The number of hydrogen-bond acceptors (Lipinski definition) is 4. The Morgan fingerprint density at radius 3 is 2.75 bits per heavy atom. The SMILES string of the molecule is CN1C(=O)c2ccc(C(=O)N[C@H]3CCSC3)cc2C1=O. The molecule has 0 bridgehead atoms. The van der Waals surface area contributed by atoms with Crippen LogP contribution in [-0.2, 0) is 0 Å². The van der Waals surface area contributed by atoms with Crippen molar-refractivity contribution in [1.82, 2.24) is 10.2 Å². The van der Waals surface area contributed by atoms with Crippen LogP contribution in [0.2, 0.25) is 0 Å². The summed E-state index contributed by atoms with van der Waals surface area (Å²) >= 11 is 1.82. The molecule has 0 radical (unpaired) electrons. The molecule has 0 aliphatic carbocycles. The molecule has 1 atom stereocenters. The highest BCUT2D eigenvalue weighted by Crippen LogP contribution is 2.23. The van der Waals surface area contributed by atoms with Crippen molar-refractivity contribution in [3.05, 3.63) is 34.9 Å². The summed E-state index contributed by atoms with van der Waals surface area (Å²) in [6.45, 7) is 0. The Morgan fingerprint density at radius 1 is 1.30 bits per heavy atom. The first-order chi connectivity index (χ1) is 9.58. The van der Waals surface area contributed by atoms with E-state index in [1.165, 1.54) is 13.1 Å². The Labute approximate surface area is 120 Å². The third-order valence-electron chi connectivity index (χ3n) is 3.62. The molecule has 6 heteroatoms. The van der Waals surface area contributed by atoms with E-state index in [0.717, 1.165) is 22.8 Å². The van der Waals surface area contributed by atoms with Crippen molar-refractivity contribution >= 4 is 29.5 Å². The lowest BCUT2D eigenvalue weighted by atomic mass is 10.0. The van der Waals surface area contributed by atoms with Gasteiger partial charge in [0.1, 0.15) is 0 Å². The minimum atomic E-state index is -0.351. The van der Waals surface area contributed by atoms with Gasteiger partial charge in [-0.15, -0.1) is 0 Å². The highest BCUT2D eigenvalue weighted by molar-refractivity contribution is 7.99. The Kier molecular flexibility index (Phi) is 3.25. The average molecular weight is 290 g/mol. The van der Waals surface area contributed by atoms with Gasteiger partial charge in [-0.05, 0) is 30.4 Å². The molecule has 1 fully saturated rings. The number of nitrogens with zero attached hydrogens (tertiary/aromatic N) is 1. The lowest BCUT2D eigenvalue weighted by molar-refractivity contribution is 0.0693. The van der Waals surface area contributed by atoms with Gasteiger partial charge in [-0.3, -0.25) is 19.3 Å². The zero-order valence-electron chi connectivity index (χ0n) is 11.0. The van der Waals surface area contributed by atoms with Crippen LogP contribution in [0, 0.1) is 0 Å². The van der Waals surface area contributed by atoms with E-state index in [1.807, 2.05) is 11.8 Å². The minimum Gasteiger partial charge on any atom is -0.348 e. The fourth-order valence-electron chi connectivity index (χ4n) is 2.42. The molecule has 0 saturated carbocycles.